The van der Waals surface area contributed by atoms with Gasteiger partial charge in [0, 0.05) is 21.1 Å². The predicted molar refractivity (Wildman–Crippen MR) is 95.9 cm³/mol. The van der Waals surface area contributed by atoms with Crippen molar-refractivity contribution in [2.45, 2.75) is 25.3 Å². The van der Waals surface area contributed by atoms with Crippen LogP contribution in [0.3, 0.4) is 0 Å². The van der Waals surface area contributed by atoms with Gasteiger partial charge < -0.3 is 5.73 Å². The summed E-state index contributed by atoms with van der Waals surface area (Å²) < 4.78 is 2.43. The summed E-state index contributed by atoms with van der Waals surface area (Å²) in [4.78, 5) is 0. The molecule has 0 radical (unpaired) electrons. The molecule has 1 heterocycles. The number of thiophene rings is 1. The molecular formula is C18H18BrNS. The molecule has 21 heavy (non-hydrogen) atoms. The average molecular weight is 360 g/mol. The summed E-state index contributed by atoms with van der Waals surface area (Å²) in [5, 5.41) is 3.49. The molecule has 0 bridgehead atoms. The molecule has 0 saturated carbocycles. The smallest absolute Gasteiger partial charge is 0.0488 e. The highest BCUT2D eigenvalue weighted by molar-refractivity contribution is 9.10. The Morgan fingerprint density at radius 1 is 1.10 bits per heavy atom. The summed E-state index contributed by atoms with van der Waals surface area (Å²) in [5.41, 5.74) is 9.21. The Labute approximate surface area is 137 Å². The zero-order valence-corrected chi connectivity index (χ0v) is 14.3. The van der Waals surface area contributed by atoms with Crippen LogP contribution in [0.1, 0.15) is 36.4 Å². The van der Waals surface area contributed by atoms with Crippen LogP contribution in [0, 0.1) is 0 Å². The molecule has 2 atom stereocenters. The lowest BCUT2D eigenvalue weighted by molar-refractivity contribution is 0.543. The second kappa shape index (κ2) is 6.30. The van der Waals surface area contributed by atoms with Crippen molar-refractivity contribution in [1.82, 2.24) is 0 Å². The van der Waals surface area contributed by atoms with Gasteiger partial charge in [0.05, 0.1) is 0 Å². The normalized spacial score (nSPS) is 14.2. The second-order valence-corrected chi connectivity index (χ2v) is 6.99. The van der Waals surface area contributed by atoms with Gasteiger partial charge in [-0.2, -0.15) is 0 Å². The van der Waals surface area contributed by atoms with E-state index in [1.807, 2.05) is 0 Å². The van der Waals surface area contributed by atoms with E-state index < -0.39 is 0 Å². The number of rotatable bonds is 4. The van der Waals surface area contributed by atoms with Crippen LogP contribution in [-0.4, -0.2) is 0 Å². The number of hydrogen-bond acceptors (Lipinski definition) is 2. The summed E-state index contributed by atoms with van der Waals surface area (Å²) in [6.45, 7) is 2.21. The zero-order valence-electron chi connectivity index (χ0n) is 11.9. The quantitative estimate of drug-likeness (QED) is 0.620. The summed E-state index contributed by atoms with van der Waals surface area (Å²) in [5.74, 6) is 0.350. The Hall–Kier alpha value is -1.16. The van der Waals surface area contributed by atoms with Crippen LogP contribution in [0.15, 0.2) is 58.4 Å². The number of fused-ring (bicyclic) bond motifs is 1. The van der Waals surface area contributed by atoms with E-state index in [4.69, 9.17) is 5.73 Å². The minimum Gasteiger partial charge on any atom is -0.323 e. The Kier molecular flexibility index (Phi) is 4.43. The number of halogens is 1. The van der Waals surface area contributed by atoms with Crippen LogP contribution in [0.2, 0.25) is 0 Å². The summed E-state index contributed by atoms with van der Waals surface area (Å²) >= 11 is 5.39. The predicted octanol–water partition coefficient (Wildman–Crippen LogP) is 5.86. The highest BCUT2D eigenvalue weighted by Crippen LogP contribution is 2.39. The van der Waals surface area contributed by atoms with E-state index in [0.29, 0.717) is 5.92 Å². The molecule has 108 valence electrons. The first kappa shape index (κ1) is 14.8. The topological polar surface area (TPSA) is 26.0 Å². The monoisotopic (exact) mass is 359 g/mol. The van der Waals surface area contributed by atoms with Gasteiger partial charge in [0.2, 0.25) is 0 Å². The van der Waals surface area contributed by atoms with Gasteiger partial charge in [0.15, 0.2) is 0 Å². The number of benzene rings is 2. The van der Waals surface area contributed by atoms with E-state index in [1.54, 1.807) is 11.3 Å². The zero-order chi connectivity index (χ0) is 14.8. The van der Waals surface area contributed by atoms with E-state index in [-0.39, 0.29) is 6.04 Å². The van der Waals surface area contributed by atoms with E-state index in [2.05, 4.69) is 76.8 Å². The first-order valence-electron chi connectivity index (χ1n) is 7.18. The van der Waals surface area contributed by atoms with Crippen molar-refractivity contribution in [3.8, 4) is 0 Å². The van der Waals surface area contributed by atoms with Gasteiger partial charge in [0.1, 0.15) is 0 Å². The van der Waals surface area contributed by atoms with Crippen molar-refractivity contribution in [2.75, 3.05) is 0 Å². The maximum atomic E-state index is 6.63. The Balaban J connectivity index is 2.03. The number of hydrogen-bond donors (Lipinski definition) is 1. The van der Waals surface area contributed by atoms with Gasteiger partial charge in [0.25, 0.3) is 0 Å². The standard InChI is InChI=1S/C18H18BrNS/c1-2-13(12-7-4-3-5-8-12)17(20)15-11-21-18-14(15)9-6-10-16(18)19/h3-11,13,17H,2,20H2,1H3. The van der Waals surface area contributed by atoms with Crippen LogP contribution in [0.4, 0.5) is 0 Å². The van der Waals surface area contributed by atoms with Gasteiger partial charge in [-0.3, -0.25) is 0 Å². The molecule has 2 N–H and O–H groups in total. The largest absolute Gasteiger partial charge is 0.323 e. The molecule has 0 amide bonds. The number of nitrogens with two attached hydrogens (primary N) is 1. The summed E-state index contributed by atoms with van der Waals surface area (Å²) in [7, 11) is 0. The van der Waals surface area contributed by atoms with Crippen molar-refractivity contribution in [3.05, 3.63) is 69.5 Å². The molecule has 0 spiro atoms. The third-order valence-electron chi connectivity index (χ3n) is 4.04. The van der Waals surface area contributed by atoms with Crippen LogP contribution in [0.25, 0.3) is 10.1 Å². The lowest BCUT2D eigenvalue weighted by Gasteiger charge is -2.23. The fourth-order valence-electron chi connectivity index (χ4n) is 2.91. The molecule has 0 saturated heterocycles. The molecular weight excluding hydrogens is 342 g/mol. The van der Waals surface area contributed by atoms with Crippen LogP contribution < -0.4 is 5.73 Å². The van der Waals surface area contributed by atoms with Crippen molar-refractivity contribution < 1.29 is 0 Å². The Morgan fingerprint density at radius 2 is 1.86 bits per heavy atom. The Morgan fingerprint density at radius 3 is 2.57 bits per heavy atom. The third kappa shape index (κ3) is 2.78. The van der Waals surface area contributed by atoms with E-state index in [1.165, 1.54) is 21.2 Å². The Bertz CT molecular complexity index is 735. The maximum absolute atomic E-state index is 6.63. The first-order chi connectivity index (χ1) is 10.2. The summed E-state index contributed by atoms with van der Waals surface area (Å²) in [6.07, 6.45) is 1.04. The maximum Gasteiger partial charge on any atom is 0.0488 e. The molecule has 3 rings (SSSR count). The minimum atomic E-state index is 0.0282. The van der Waals surface area contributed by atoms with Gasteiger partial charge in [-0.1, -0.05) is 49.4 Å². The average Bonchev–Trinajstić information content (AvgIpc) is 2.94. The molecule has 0 fully saturated rings. The van der Waals surface area contributed by atoms with Crippen LogP contribution >= 0.6 is 27.3 Å². The molecule has 1 nitrogen and oxygen atoms in total. The lowest BCUT2D eigenvalue weighted by atomic mass is 9.86. The SMILES string of the molecule is CCC(c1ccccc1)C(N)c1csc2c(Br)cccc12. The van der Waals surface area contributed by atoms with Gasteiger partial charge >= 0.3 is 0 Å². The van der Waals surface area contributed by atoms with Gasteiger partial charge in [-0.25, -0.2) is 0 Å². The molecule has 0 aliphatic carbocycles. The summed E-state index contributed by atoms with van der Waals surface area (Å²) in [6, 6.07) is 17.0. The van der Waals surface area contributed by atoms with Crippen LogP contribution in [-0.2, 0) is 0 Å². The second-order valence-electron chi connectivity index (χ2n) is 5.26. The molecule has 3 heteroatoms. The molecule has 3 aromatic rings. The van der Waals surface area contributed by atoms with E-state index in [9.17, 15) is 0 Å². The van der Waals surface area contributed by atoms with Gasteiger partial charge in [-0.05, 0) is 50.3 Å². The van der Waals surface area contributed by atoms with Gasteiger partial charge in [-0.15, -0.1) is 11.3 Å². The van der Waals surface area contributed by atoms with E-state index in [0.717, 1.165) is 10.9 Å². The molecule has 1 aromatic heterocycles. The fourth-order valence-corrected chi connectivity index (χ4v) is 4.58. The van der Waals surface area contributed by atoms with E-state index >= 15 is 0 Å². The van der Waals surface area contributed by atoms with Crippen LogP contribution in [0.5, 0.6) is 0 Å². The van der Waals surface area contributed by atoms with Crippen molar-refractivity contribution in [3.63, 3.8) is 0 Å². The molecule has 0 aliphatic heterocycles. The highest BCUT2D eigenvalue weighted by atomic mass is 79.9. The van der Waals surface area contributed by atoms with Crippen molar-refractivity contribution in [2.24, 2.45) is 5.73 Å². The minimum absolute atomic E-state index is 0.0282. The fraction of sp³-hybridized carbons (Fsp3) is 0.222. The lowest BCUT2D eigenvalue weighted by Crippen LogP contribution is -2.19. The molecule has 2 aromatic carbocycles. The molecule has 2 unspecified atom stereocenters. The van der Waals surface area contributed by atoms with Crippen molar-refractivity contribution in [1.29, 1.82) is 0 Å². The highest BCUT2D eigenvalue weighted by Gasteiger charge is 2.22. The first-order valence-corrected chi connectivity index (χ1v) is 8.85. The molecule has 0 aliphatic rings. The van der Waals surface area contributed by atoms with Crippen molar-refractivity contribution >= 4 is 37.4 Å². The third-order valence-corrected chi connectivity index (χ3v) is 6.01.